The van der Waals surface area contributed by atoms with Crippen LogP contribution in [0.15, 0.2) is 46.7 Å². The average molecular weight is 311 g/mol. The van der Waals surface area contributed by atoms with Crippen LogP contribution in [0.5, 0.6) is 0 Å². The van der Waals surface area contributed by atoms with Gasteiger partial charge in [0.25, 0.3) is 0 Å². The highest BCUT2D eigenvalue weighted by Gasteiger charge is 2.20. The maximum Gasteiger partial charge on any atom is 0.335 e. The van der Waals surface area contributed by atoms with E-state index in [0.29, 0.717) is 0 Å². The third-order valence-corrected chi connectivity index (χ3v) is 5.29. The molecule has 0 bridgehead atoms. The summed E-state index contributed by atoms with van der Waals surface area (Å²) in [6.07, 6.45) is 0. The summed E-state index contributed by atoms with van der Waals surface area (Å²) in [5.41, 5.74) is -0.0587. The number of carboxylic acid groups (broad SMARTS) is 1. The molecule has 2 aromatic rings. The Kier molecular flexibility index (Phi) is 4.22. The average Bonchev–Trinajstić information content (AvgIpc) is 2.92. The van der Waals surface area contributed by atoms with Gasteiger partial charge in [0, 0.05) is 4.88 Å². The van der Waals surface area contributed by atoms with Gasteiger partial charge in [0.15, 0.2) is 0 Å². The normalized spacial score (nSPS) is 13.1. The van der Waals surface area contributed by atoms with Crippen LogP contribution in [0.3, 0.4) is 0 Å². The lowest BCUT2D eigenvalue weighted by molar-refractivity contribution is 0.0696. The molecule has 2 N–H and O–H groups in total. The third-order valence-electron chi connectivity index (χ3n) is 2.69. The van der Waals surface area contributed by atoms with Crippen LogP contribution in [0, 0.1) is 0 Å². The summed E-state index contributed by atoms with van der Waals surface area (Å²) in [7, 11) is -3.75. The Morgan fingerprint density at radius 3 is 2.65 bits per heavy atom. The van der Waals surface area contributed by atoms with Crippen LogP contribution in [0.4, 0.5) is 0 Å². The van der Waals surface area contributed by atoms with Crippen LogP contribution in [-0.4, -0.2) is 19.5 Å². The van der Waals surface area contributed by atoms with Gasteiger partial charge >= 0.3 is 5.97 Å². The predicted molar refractivity (Wildman–Crippen MR) is 76.5 cm³/mol. The number of nitrogens with one attached hydrogen (secondary N) is 1. The zero-order valence-corrected chi connectivity index (χ0v) is 12.2. The van der Waals surface area contributed by atoms with Crippen molar-refractivity contribution in [2.75, 3.05) is 0 Å². The number of hydrogen-bond donors (Lipinski definition) is 2. The summed E-state index contributed by atoms with van der Waals surface area (Å²) in [4.78, 5) is 11.7. The summed E-state index contributed by atoms with van der Waals surface area (Å²) in [5.74, 6) is -1.16. The molecule has 5 nitrogen and oxygen atoms in total. The molecule has 0 radical (unpaired) electrons. The van der Waals surface area contributed by atoms with Gasteiger partial charge in [-0.1, -0.05) is 12.1 Å². The van der Waals surface area contributed by atoms with E-state index in [2.05, 4.69) is 4.72 Å². The van der Waals surface area contributed by atoms with Gasteiger partial charge in [-0.15, -0.1) is 11.3 Å². The Balaban J connectivity index is 2.26. The summed E-state index contributed by atoms with van der Waals surface area (Å²) in [6.45, 7) is 1.74. The van der Waals surface area contributed by atoms with E-state index in [1.54, 1.807) is 6.92 Å². The van der Waals surface area contributed by atoms with E-state index < -0.39 is 16.0 Å². The highest BCUT2D eigenvalue weighted by Crippen LogP contribution is 2.21. The van der Waals surface area contributed by atoms with Crippen molar-refractivity contribution in [3.63, 3.8) is 0 Å². The molecule has 7 heteroatoms. The molecule has 0 saturated heterocycles. The summed E-state index contributed by atoms with van der Waals surface area (Å²) in [6, 6.07) is 8.59. The molecule has 1 atom stereocenters. The fraction of sp³-hybridized carbons (Fsp3) is 0.154. The number of carboxylic acids is 1. The minimum Gasteiger partial charge on any atom is -0.478 e. The van der Waals surface area contributed by atoms with Gasteiger partial charge in [-0.3, -0.25) is 0 Å². The van der Waals surface area contributed by atoms with Crippen LogP contribution in [0.2, 0.25) is 0 Å². The molecule has 1 aromatic heterocycles. The van der Waals surface area contributed by atoms with E-state index in [1.165, 1.54) is 29.5 Å². The van der Waals surface area contributed by atoms with Crippen LogP contribution in [-0.2, 0) is 10.0 Å². The van der Waals surface area contributed by atoms with E-state index in [-0.39, 0.29) is 16.5 Å². The molecule has 106 valence electrons. The standard InChI is InChI=1S/C13H13NO4S2/c1-9(12-6-3-7-19-12)14-20(17,18)11-5-2-4-10(8-11)13(15)16/h2-9,14H,1H3,(H,15,16)/t9-/m0/s1. The van der Waals surface area contributed by atoms with Gasteiger partial charge in [-0.25, -0.2) is 17.9 Å². The molecular formula is C13H13NO4S2. The fourth-order valence-corrected chi connectivity index (χ4v) is 3.77. The lowest BCUT2D eigenvalue weighted by Crippen LogP contribution is -2.26. The molecular weight excluding hydrogens is 298 g/mol. The number of hydrogen-bond acceptors (Lipinski definition) is 4. The minimum absolute atomic E-state index is 0.0548. The van der Waals surface area contributed by atoms with Crippen molar-refractivity contribution in [2.45, 2.75) is 17.9 Å². The number of thiophene rings is 1. The second-order valence-corrected chi connectivity index (χ2v) is 6.88. The van der Waals surface area contributed by atoms with Gasteiger partial charge < -0.3 is 5.11 Å². The first-order chi connectivity index (χ1) is 9.40. The Labute approximate surface area is 120 Å². The van der Waals surface area contributed by atoms with Gasteiger partial charge in [0.05, 0.1) is 16.5 Å². The highest BCUT2D eigenvalue weighted by atomic mass is 32.2. The first-order valence-electron chi connectivity index (χ1n) is 5.79. The summed E-state index contributed by atoms with van der Waals surface area (Å²) >= 11 is 1.45. The quantitative estimate of drug-likeness (QED) is 0.888. The maximum atomic E-state index is 12.2. The number of aromatic carboxylic acids is 1. The van der Waals surface area contributed by atoms with Gasteiger partial charge in [-0.05, 0) is 36.6 Å². The van der Waals surface area contributed by atoms with E-state index in [9.17, 15) is 13.2 Å². The van der Waals surface area contributed by atoms with Crippen LogP contribution >= 0.6 is 11.3 Å². The third kappa shape index (κ3) is 3.24. The van der Waals surface area contributed by atoms with E-state index in [4.69, 9.17) is 5.11 Å². The van der Waals surface area contributed by atoms with Crippen molar-refractivity contribution in [1.82, 2.24) is 4.72 Å². The fourth-order valence-electron chi connectivity index (χ4n) is 1.69. The second kappa shape index (κ2) is 5.74. The van der Waals surface area contributed by atoms with Crippen LogP contribution < -0.4 is 4.72 Å². The first-order valence-corrected chi connectivity index (χ1v) is 8.15. The molecule has 1 heterocycles. The van der Waals surface area contributed by atoms with E-state index in [0.717, 1.165) is 10.9 Å². The molecule has 0 aliphatic rings. The van der Waals surface area contributed by atoms with Crippen LogP contribution in [0.25, 0.3) is 0 Å². The lowest BCUT2D eigenvalue weighted by Gasteiger charge is -2.13. The number of carbonyl (C=O) groups is 1. The molecule has 0 amide bonds. The van der Waals surface area contributed by atoms with Crippen molar-refractivity contribution >= 4 is 27.3 Å². The Morgan fingerprint density at radius 1 is 1.30 bits per heavy atom. The van der Waals surface area contributed by atoms with Gasteiger partial charge in [-0.2, -0.15) is 0 Å². The maximum absolute atomic E-state index is 12.2. The van der Waals surface area contributed by atoms with Crippen molar-refractivity contribution in [3.05, 3.63) is 52.2 Å². The number of sulfonamides is 1. The highest BCUT2D eigenvalue weighted by molar-refractivity contribution is 7.89. The van der Waals surface area contributed by atoms with E-state index in [1.807, 2.05) is 17.5 Å². The Hall–Kier alpha value is -1.70. The Morgan fingerprint density at radius 2 is 2.05 bits per heavy atom. The monoisotopic (exact) mass is 311 g/mol. The molecule has 0 saturated carbocycles. The van der Waals surface area contributed by atoms with E-state index >= 15 is 0 Å². The zero-order chi connectivity index (χ0) is 14.8. The van der Waals surface area contributed by atoms with Crippen molar-refractivity contribution in [3.8, 4) is 0 Å². The SMILES string of the molecule is C[C@H](NS(=O)(=O)c1cccc(C(=O)O)c1)c1cccs1. The lowest BCUT2D eigenvalue weighted by atomic mass is 10.2. The molecule has 20 heavy (non-hydrogen) atoms. The molecule has 0 fully saturated rings. The summed E-state index contributed by atoms with van der Waals surface area (Å²) in [5, 5.41) is 10.8. The predicted octanol–water partition coefficient (Wildman–Crippen LogP) is 2.49. The smallest absolute Gasteiger partial charge is 0.335 e. The number of rotatable bonds is 5. The van der Waals surface area contributed by atoms with Crippen LogP contribution in [0.1, 0.15) is 28.2 Å². The van der Waals surface area contributed by atoms with Crippen molar-refractivity contribution in [2.24, 2.45) is 0 Å². The molecule has 0 aliphatic carbocycles. The van der Waals surface area contributed by atoms with Crippen molar-refractivity contribution < 1.29 is 18.3 Å². The molecule has 2 rings (SSSR count). The minimum atomic E-state index is -3.75. The second-order valence-electron chi connectivity index (χ2n) is 4.19. The zero-order valence-electron chi connectivity index (χ0n) is 10.6. The topological polar surface area (TPSA) is 83.5 Å². The summed E-state index contributed by atoms with van der Waals surface area (Å²) < 4.78 is 27.0. The largest absolute Gasteiger partial charge is 0.478 e. The molecule has 0 unspecified atom stereocenters. The van der Waals surface area contributed by atoms with Gasteiger partial charge in [0.1, 0.15) is 0 Å². The molecule has 0 spiro atoms. The Bertz CT molecular complexity index is 708. The molecule has 0 aliphatic heterocycles. The van der Waals surface area contributed by atoms with Gasteiger partial charge in [0.2, 0.25) is 10.0 Å². The molecule has 1 aromatic carbocycles. The van der Waals surface area contributed by atoms with Crippen molar-refractivity contribution in [1.29, 1.82) is 0 Å². The first kappa shape index (κ1) is 14.7. The number of benzene rings is 1.